The van der Waals surface area contributed by atoms with E-state index in [1.54, 1.807) is 25.1 Å². The summed E-state index contributed by atoms with van der Waals surface area (Å²) in [5, 5.41) is 1.41. The van der Waals surface area contributed by atoms with Crippen molar-refractivity contribution in [1.29, 1.82) is 0 Å². The summed E-state index contributed by atoms with van der Waals surface area (Å²) in [5.74, 6) is -1.00. The topological polar surface area (TPSA) is 81.7 Å². The first-order valence-electron chi connectivity index (χ1n) is 12.6. The Kier molecular flexibility index (Phi) is 7.68. The molecule has 1 saturated heterocycles. The van der Waals surface area contributed by atoms with Crippen LogP contribution in [0.2, 0.25) is 15.1 Å². The SMILES string of the molecule is Cc1c(Cl)cccc1S(=O)(=O)NC(=O)[C@H]1C[C@H]2[C@H](O[C@H]1Cc1cccc(Cl)c1)c1cc(Cl)ccc1OC2(C)C. The van der Waals surface area contributed by atoms with Crippen LogP contribution in [0.25, 0.3) is 0 Å². The fraction of sp³-hybridized carbons (Fsp3) is 0.345. The van der Waals surface area contributed by atoms with Crippen LogP contribution in [0.4, 0.5) is 0 Å². The fourth-order valence-electron chi connectivity index (χ4n) is 5.56. The Morgan fingerprint density at radius 3 is 2.49 bits per heavy atom. The molecular formula is C29H28Cl3NO5S. The number of nitrogens with one attached hydrogen (secondary N) is 1. The lowest BCUT2D eigenvalue weighted by molar-refractivity contribution is -0.177. The number of hydrogen-bond donors (Lipinski definition) is 1. The third-order valence-corrected chi connectivity index (χ3v) is 9.96. The Bertz CT molecular complexity index is 1540. The summed E-state index contributed by atoms with van der Waals surface area (Å²) in [6.07, 6.45) is -0.344. The molecule has 10 heteroatoms. The Hall–Kier alpha value is -2.29. The van der Waals surface area contributed by atoms with Crippen LogP contribution in [-0.2, 0) is 26.0 Å². The first kappa shape index (κ1) is 28.2. The van der Waals surface area contributed by atoms with Crippen molar-refractivity contribution in [3.05, 3.63) is 92.4 Å². The van der Waals surface area contributed by atoms with Crippen LogP contribution in [0.5, 0.6) is 5.75 Å². The number of carbonyl (C=O) groups is 1. The maximum Gasteiger partial charge on any atom is 0.264 e. The van der Waals surface area contributed by atoms with Crippen molar-refractivity contribution in [2.45, 2.75) is 56.3 Å². The lowest BCUT2D eigenvalue weighted by Crippen LogP contribution is -2.54. The molecule has 2 heterocycles. The Morgan fingerprint density at radius 2 is 1.74 bits per heavy atom. The van der Waals surface area contributed by atoms with Gasteiger partial charge in [-0.3, -0.25) is 4.79 Å². The largest absolute Gasteiger partial charge is 0.487 e. The van der Waals surface area contributed by atoms with Crippen LogP contribution >= 0.6 is 34.8 Å². The summed E-state index contributed by atoms with van der Waals surface area (Å²) in [6, 6.07) is 17.3. The minimum Gasteiger partial charge on any atom is -0.487 e. The average Bonchev–Trinajstić information content (AvgIpc) is 2.85. The maximum absolute atomic E-state index is 13.7. The number of rotatable bonds is 5. The van der Waals surface area contributed by atoms with Crippen LogP contribution in [0, 0.1) is 18.8 Å². The van der Waals surface area contributed by atoms with E-state index < -0.39 is 39.7 Å². The second-order valence-electron chi connectivity index (χ2n) is 10.6. The molecule has 3 aromatic carbocycles. The molecule has 206 valence electrons. The second kappa shape index (κ2) is 10.6. The molecule has 2 aliphatic heterocycles. The van der Waals surface area contributed by atoms with Crippen molar-refractivity contribution in [3.63, 3.8) is 0 Å². The lowest BCUT2D eigenvalue weighted by Gasteiger charge is -2.50. The monoisotopic (exact) mass is 607 g/mol. The van der Waals surface area contributed by atoms with Gasteiger partial charge in [-0.2, -0.15) is 0 Å². The number of halogens is 3. The highest BCUT2D eigenvalue weighted by atomic mass is 35.5. The van der Waals surface area contributed by atoms with E-state index in [1.807, 2.05) is 44.2 Å². The van der Waals surface area contributed by atoms with Gasteiger partial charge in [-0.1, -0.05) is 53.0 Å². The van der Waals surface area contributed by atoms with Gasteiger partial charge in [-0.15, -0.1) is 0 Å². The number of benzene rings is 3. The van der Waals surface area contributed by atoms with Crippen LogP contribution in [0.15, 0.2) is 65.6 Å². The molecule has 1 fully saturated rings. The third kappa shape index (κ3) is 5.66. The summed E-state index contributed by atoms with van der Waals surface area (Å²) in [7, 11) is -4.19. The molecule has 0 saturated carbocycles. The van der Waals surface area contributed by atoms with Crippen molar-refractivity contribution >= 4 is 50.7 Å². The number of amides is 1. The summed E-state index contributed by atoms with van der Waals surface area (Å²) < 4.78 is 41.9. The second-order valence-corrected chi connectivity index (χ2v) is 13.5. The van der Waals surface area contributed by atoms with Crippen LogP contribution in [0.3, 0.4) is 0 Å². The molecule has 0 bridgehead atoms. The van der Waals surface area contributed by atoms with Gasteiger partial charge in [-0.25, -0.2) is 13.1 Å². The van der Waals surface area contributed by atoms with Gasteiger partial charge in [-0.05, 0) is 87.2 Å². The van der Waals surface area contributed by atoms with Gasteiger partial charge in [0.15, 0.2) is 0 Å². The maximum atomic E-state index is 13.7. The minimum atomic E-state index is -4.19. The number of hydrogen-bond acceptors (Lipinski definition) is 5. The van der Waals surface area contributed by atoms with Crippen LogP contribution in [0.1, 0.15) is 43.1 Å². The van der Waals surface area contributed by atoms with Crippen molar-refractivity contribution in [2.24, 2.45) is 11.8 Å². The molecule has 0 spiro atoms. The van der Waals surface area contributed by atoms with Crippen LogP contribution in [-0.4, -0.2) is 26.0 Å². The Balaban J connectivity index is 1.51. The number of fused-ring (bicyclic) bond motifs is 3. The molecule has 1 N–H and O–H groups in total. The highest BCUT2D eigenvalue weighted by molar-refractivity contribution is 7.90. The summed E-state index contributed by atoms with van der Waals surface area (Å²) >= 11 is 18.7. The molecule has 0 radical (unpaired) electrons. The van der Waals surface area contributed by atoms with Crippen molar-refractivity contribution in [3.8, 4) is 5.75 Å². The minimum absolute atomic E-state index is 0.0470. The molecule has 39 heavy (non-hydrogen) atoms. The molecule has 0 aromatic heterocycles. The van der Waals surface area contributed by atoms with E-state index in [-0.39, 0.29) is 10.8 Å². The molecule has 4 atom stereocenters. The summed E-state index contributed by atoms with van der Waals surface area (Å²) in [5.41, 5.74) is 1.36. The van der Waals surface area contributed by atoms with E-state index in [0.717, 1.165) is 11.1 Å². The molecule has 0 unspecified atom stereocenters. The van der Waals surface area contributed by atoms with Gasteiger partial charge in [0.1, 0.15) is 11.4 Å². The Morgan fingerprint density at radius 1 is 1.03 bits per heavy atom. The van der Waals surface area contributed by atoms with Gasteiger partial charge in [0.25, 0.3) is 10.0 Å². The molecule has 5 rings (SSSR count). The van der Waals surface area contributed by atoms with E-state index in [4.69, 9.17) is 44.3 Å². The van der Waals surface area contributed by atoms with Crippen LogP contribution < -0.4 is 9.46 Å². The number of sulfonamides is 1. The normalized spacial score (nSPS) is 23.7. The van der Waals surface area contributed by atoms with E-state index in [1.165, 1.54) is 12.1 Å². The molecule has 0 aliphatic carbocycles. The van der Waals surface area contributed by atoms with E-state index in [9.17, 15) is 13.2 Å². The fourth-order valence-corrected chi connectivity index (χ4v) is 7.48. The van der Waals surface area contributed by atoms with Gasteiger partial charge in [0, 0.05) is 26.5 Å². The zero-order valence-electron chi connectivity index (χ0n) is 21.6. The van der Waals surface area contributed by atoms with Gasteiger partial charge in [0.05, 0.1) is 23.0 Å². The zero-order chi connectivity index (χ0) is 28.1. The third-order valence-electron chi connectivity index (χ3n) is 7.59. The molecule has 3 aromatic rings. The smallest absolute Gasteiger partial charge is 0.264 e. The lowest BCUT2D eigenvalue weighted by atomic mass is 9.71. The van der Waals surface area contributed by atoms with Gasteiger partial charge in [0.2, 0.25) is 5.91 Å². The molecule has 1 amide bonds. The van der Waals surface area contributed by atoms with Crippen molar-refractivity contribution in [2.75, 3.05) is 0 Å². The molecular weight excluding hydrogens is 581 g/mol. The quantitative estimate of drug-likeness (QED) is 0.340. The van der Waals surface area contributed by atoms with Gasteiger partial charge < -0.3 is 9.47 Å². The van der Waals surface area contributed by atoms with E-state index >= 15 is 0 Å². The van der Waals surface area contributed by atoms with Crippen molar-refractivity contribution in [1.82, 2.24) is 4.72 Å². The number of ether oxygens (including phenoxy) is 2. The highest BCUT2D eigenvalue weighted by Gasteiger charge is 2.52. The molecule has 2 aliphatic rings. The predicted molar refractivity (Wildman–Crippen MR) is 152 cm³/mol. The highest BCUT2D eigenvalue weighted by Crippen LogP contribution is 2.52. The summed E-state index contributed by atoms with van der Waals surface area (Å²) in [6.45, 7) is 5.50. The summed E-state index contributed by atoms with van der Waals surface area (Å²) in [4.78, 5) is 13.7. The first-order valence-corrected chi connectivity index (χ1v) is 15.2. The first-order chi connectivity index (χ1) is 18.4. The van der Waals surface area contributed by atoms with E-state index in [2.05, 4.69) is 4.72 Å². The standard InChI is InChI=1S/C29H28Cl3NO5S/c1-16-23(32)8-5-9-26(16)39(35,36)33-28(34)21-15-22-27(37-25(21)13-17-6-4-7-18(30)12-17)20-14-19(31)10-11-24(20)38-29(22,2)3/h4-12,14,21-22,25,27H,13,15H2,1-3H3,(H,33,34)/t21-,22-,25-,27+/m0/s1. The number of carbonyl (C=O) groups excluding carboxylic acids is 1. The Labute approximate surface area is 243 Å². The van der Waals surface area contributed by atoms with E-state index in [0.29, 0.717) is 39.2 Å². The zero-order valence-corrected chi connectivity index (χ0v) is 24.7. The van der Waals surface area contributed by atoms with Crippen molar-refractivity contribution < 1.29 is 22.7 Å². The average molecular weight is 609 g/mol. The molecule has 6 nitrogen and oxygen atoms in total. The predicted octanol–water partition coefficient (Wildman–Crippen LogP) is 6.94. The van der Waals surface area contributed by atoms with Gasteiger partial charge >= 0.3 is 0 Å².